The Bertz CT molecular complexity index is 1160. The quantitative estimate of drug-likeness (QED) is 0.446. The Labute approximate surface area is 186 Å². The fourth-order valence-electron chi connectivity index (χ4n) is 4.03. The zero-order valence-electron chi connectivity index (χ0n) is 17.5. The minimum Gasteiger partial charge on any atom is -0.360 e. The summed E-state index contributed by atoms with van der Waals surface area (Å²) in [5.41, 5.74) is 10.7. The highest BCUT2D eigenvalue weighted by Crippen LogP contribution is 2.23. The molecule has 4 rings (SSSR count). The number of hydrogen-bond donors (Lipinski definition) is 3. The van der Waals surface area contributed by atoms with Gasteiger partial charge in [0.1, 0.15) is 5.70 Å². The van der Waals surface area contributed by atoms with E-state index in [9.17, 15) is 4.79 Å². The smallest absolute Gasteiger partial charge is 0.258 e. The highest BCUT2D eigenvalue weighted by atomic mass is 35.5. The average Bonchev–Trinajstić information content (AvgIpc) is 2.77. The van der Waals surface area contributed by atoms with Gasteiger partial charge >= 0.3 is 0 Å². The van der Waals surface area contributed by atoms with Crippen LogP contribution in [0.15, 0.2) is 64.6 Å². The van der Waals surface area contributed by atoms with Crippen LogP contribution in [0.4, 0.5) is 5.69 Å². The number of piperidine rings is 1. The molecule has 1 aromatic heterocycles. The molecule has 6 nitrogen and oxygen atoms in total. The normalized spacial score (nSPS) is 15.9. The summed E-state index contributed by atoms with van der Waals surface area (Å²) in [7, 11) is 2.18. The number of H-pyrrole nitrogens is 1. The number of pyridine rings is 1. The molecule has 0 saturated carbocycles. The van der Waals surface area contributed by atoms with Crippen molar-refractivity contribution >= 4 is 33.9 Å². The number of benzene rings is 2. The molecule has 3 N–H and O–H groups in total. The first-order chi connectivity index (χ1) is 15.0. The van der Waals surface area contributed by atoms with Crippen molar-refractivity contribution in [3.05, 3.63) is 81.2 Å². The van der Waals surface area contributed by atoms with Crippen molar-refractivity contribution in [1.82, 2.24) is 9.88 Å². The number of anilines is 1. The number of rotatable bonds is 6. The lowest BCUT2D eigenvalue weighted by Crippen LogP contribution is -2.30. The number of aromatic nitrogens is 1. The van der Waals surface area contributed by atoms with E-state index >= 15 is 0 Å². The van der Waals surface area contributed by atoms with Gasteiger partial charge in [-0.15, -0.1) is 0 Å². The third-order valence-corrected chi connectivity index (χ3v) is 6.13. The molecule has 1 aliphatic heterocycles. The first-order valence-electron chi connectivity index (χ1n) is 10.5. The predicted molar refractivity (Wildman–Crippen MR) is 127 cm³/mol. The molecular weight excluding hydrogens is 410 g/mol. The molecule has 0 atom stereocenters. The van der Waals surface area contributed by atoms with Gasteiger partial charge in [0, 0.05) is 27.8 Å². The molecule has 0 unspecified atom stereocenters. The molecular formula is C24H26ClN5O. The fourth-order valence-corrected chi connectivity index (χ4v) is 4.21. The van der Waals surface area contributed by atoms with E-state index in [0.717, 1.165) is 23.4 Å². The Hall–Kier alpha value is -2.96. The monoisotopic (exact) mass is 435 g/mol. The molecule has 3 aromatic rings. The molecule has 7 heteroatoms. The molecule has 1 saturated heterocycles. The van der Waals surface area contributed by atoms with Crippen LogP contribution in [0.5, 0.6) is 0 Å². The van der Waals surface area contributed by atoms with Crippen molar-refractivity contribution in [3.63, 3.8) is 0 Å². The van der Waals surface area contributed by atoms with Crippen LogP contribution in [0, 0.1) is 11.4 Å². The van der Waals surface area contributed by atoms with Gasteiger partial charge in [-0.2, -0.15) is 5.11 Å². The Morgan fingerprint density at radius 1 is 1.23 bits per heavy atom. The van der Waals surface area contributed by atoms with Gasteiger partial charge in [0.05, 0.1) is 5.56 Å². The number of halogens is 1. The molecule has 31 heavy (non-hydrogen) atoms. The summed E-state index contributed by atoms with van der Waals surface area (Å²) >= 11 is 6.06. The van der Waals surface area contributed by atoms with E-state index in [1.165, 1.54) is 31.5 Å². The molecule has 160 valence electrons. The minimum atomic E-state index is -0.299. The molecule has 1 aliphatic rings. The molecule has 0 bridgehead atoms. The maximum absolute atomic E-state index is 12.5. The lowest BCUT2D eigenvalue weighted by atomic mass is 9.90. The Morgan fingerprint density at radius 2 is 1.97 bits per heavy atom. The Kier molecular flexibility index (Phi) is 6.49. The third-order valence-electron chi connectivity index (χ3n) is 5.89. The van der Waals surface area contributed by atoms with Crippen LogP contribution in [0.25, 0.3) is 16.6 Å². The zero-order valence-corrected chi connectivity index (χ0v) is 18.2. The van der Waals surface area contributed by atoms with E-state index in [4.69, 9.17) is 17.1 Å². The molecule has 0 aliphatic carbocycles. The number of nitrogens with one attached hydrogen (secondary N) is 3. The van der Waals surface area contributed by atoms with Crippen LogP contribution in [-0.4, -0.2) is 30.0 Å². The number of hydrogen-bond acceptors (Lipinski definition) is 5. The van der Waals surface area contributed by atoms with Gasteiger partial charge < -0.3 is 15.2 Å². The van der Waals surface area contributed by atoms with Crippen LogP contribution in [0.3, 0.4) is 0 Å². The van der Waals surface area contributed by atoms with Crippen molar-refractivity contribution in [2.24, 2.45) is 11.0 Å². The molecule has 0 amide bonds. The maximum Gasteiger partial charge on any atom is 0.258 e. The summed E-state index contributed by atoms with van der Waals surface area (Å²) in [5, 5.41) is 8.08. The summed E-state index contributed by atoms with van der Waals surface area (Å²) in [6, 6.07) is 15.3. The van der Waals surface area contributed by atoms with Crippen molar-refractivity contribution < 1.29 is 0 Å². The number of aromatic amines is 1. The van der Waals surface area contributed by atoms with Crippen molar-refractivity contribution in [3.8, 4) is 0 Å². The van der Waals surface area contributed by atoms with E-state index in [1.807, 2.05) is 12.1 Å². The highest BCUT2D eigenvalue weighted by Gasteiger charge is 2.16. The van der Waals surface area contributed by atoms with Crippen LogP contribution < -0.4 is 10.9 Å². The van der Waals surface area contributed by atoms with Gasteiger partial charge in [-0.3, -0.25) is 4.79 Å². The molecule has 2 heterocycles. The first kappa shape index (κ1) is 21.3. The molecule has 1 fully saturated rings. The van der Waals surface area contributed by atoms with Gasteiger partial charge in [-0.05, 0) is 87.3 Å². The second-order valence-electron chi connectivity index (χ2n) is 8.18. The largest absolute Gasteiger partial charge is 0.360 e. The van der Waals surface area contributed by atoms with Gasteiger partial charge in [0.2, 0.25) is 0 Å². The van der Waals surface area contributed by atoms with Crippen LogP contribution >= 0.6 is 11.6 Å². The maximum atomic E-state index is 12.5. The van der Waals surface area contributed by atoms with E-state index < -0.39 is 0 Å². The first-order valence-corrected chi connectivity index (χ1v) is 10.8. The van der Waals surface area contributed by atoms with Crippen molar-refractivity contribution in [2.75, 3.05) is 25.5 Å². The van der Waals surface area contributed by atoms with E-state index in [1.54, 1.807) is 30.5 Å². The summed E-state index contributed by atoms with van der Waals surface area (Å²) in [6.45, 7) is 2.35. The number of nitrogens with zero attached hydrogens (tertiary/aromatic N) is 2. The van der Waals surface area contributed by atoms with Crippen LogP contribution in [0.2, 0.25) is 5.02 Å². The summed E-state index contributed by atoms with van der Waals surface area (Å²) in [6.07, 6.45) is 5.18. The SMILES string of the molecule is CN1CCC(Cc2ccc(N/C=C(\N=N)c3cc4cc(Cl)ccc4[nH]c3=O)cc2)CC1. The topological polar surface area (TPSA) is 84.3 Å². The van der Waals surface area contributed by atoms with Gasteiger partial charge in [-0.25, -0.2) is 5.53 Å². The number of fused-ring (bicyclic) bond motifs is 1. The zero-order chi connectivity index (χ0) is 21.8. The summed E-state index contributed by atoms with van der Waals surface area (Å²) < 4.78 is 0. The third kappa shape index (κ3) is 5.21. The second-order valence-corrected chi connectivity index (χ2v) is 8.61. The van der Waals surface area contributed by atoms with E-state index in [0.29, 0.717) is 16.1 Å². The van der Waals surface area contributed by atoms with Crippen molar-refractivity contribution in [2.45, 2.75) is 19.3 Å². The Balaban J connectivity index is 1.48. The average molecular weight is 436 g/mol. The minimum absolute atomic E-state index is 0.249. The van der Waals surface area contributed by atoms with Crippen molar-refractivity contribution in [1.29, 1.82) is 5.53 Å². The van der Waals surface area contributed by atoms with Gasteiger partial charge in [0.25, 0.3) is 5.56 Å². The van der Waals surface area contributed by atoms with Crippen LogP contribution in [-0.2, 0) is 6.42 Å². The van der Waals surface area contributed by atoms with Crippen LogP contribution in [0.1, 0.15) is 24.0 Å². The fraction of sp³-hybridized carbons (Fsp3) is 0.292. The number of likely N-dealkylation sites (tertiary alicyclic amines) is 1. The van der Waals surface area contributed by atoms with Gasteiger partial charge in [-0.1, -0.05) is 23.7 Å². The van der Waals surface area contributed by atoms with Gasteiger partial charge in [0.15, 0.2) is 0 Å². The highest BCUT2D eigenvalue weighted by molar-refractivity contribution is 6.31. The van der Waals surface area contributed by atoms with E-state index in [2.05, 4.69) is 39.5 Å². The molecule has 2 aromatic carbocycles. The summed E-state index contributed by atoms with van der Waals surface area (Å²) in [4.78, 5) is 17.7. The lowest BCUT2D eigenvalue weighted by Gasteiger charge is -2.28. The Morgan fingerprint density at radius 3 is 2.68 bits per heavy atom. The second kappa shape index (κ2) is 9.45. The van der Waals surface area contributed by atoms with E-state index in [-0.39, 0.29) is 11.3 Å². The molecule has 0 spiro atoms. The predicted octanol–water partition coefficient (Wildman–Crippen LogP) is 5.51. The lowest BCUT2D eigenvalue weighted by molar-refractivity contribution is 0.219. The molecule has 0 radical (unpaired) electrons. The summed E-state index contributed by atoms with van der Waals surface area (Å²) in [5.74, 6) is 0.747. The standard InChI is InChI=1S/C24H26ClN5O/c1-30-10-8-17(9-11-30)12-16-2-5-20(6-3-16)27-15-23(29-26)21-14-18-13-19(25)4-7-22(18)28-24(21)31/h2-7,13-15,17,26-27H,8-12H2,1H3,(H,28,31)/b23-15-,29-26?.